The molecule has 1 aromatic rings. The van der Waals surface area contributed by atoms with Gasteiger partial charge in [-0.3, -0.25) is 4.79 Å². The quantitative estimate of drug-likeness (QED) is 0.540. The number of aromatic nitrogens is 2. The Morgan fingerprint density at radius 2 is 2.20 bits per heavy atom. The third-order valence-corrected chi connectivity index (χ3v) is 0.913. The highest BCUT2D eigenvalue weighted by Crippen LogP contribution is 2.05. The van der Waals surface area contributed by atoms with Crippen LogP contribution in [-0.2, 0) is 0 Å². The van der Waals surface area contributed by atoms with Crippen molar-refractivity contribution < 1.29 is 9.21 Å². The first-order chi connectivity index (χ1) is 4.74. The lowest BCUT2D eigenvalue weighted by Gasteiger charge is -2.01. The van der Waals surface area contributed by atoms with Gasteiger partial charge in [0, 0.05) is 14.1 Å². The van der Waals surface area contributed by atoms with Gasteiger partial charge in [-0.05, 0) is 0 Å². The fourth-order valence-electron chi connectivity index (χ4n) is 0.455. The number of nitrogens with zero attached hydrogens (tertiary/aromatic N) is 3. The van der Waals surface area contributed by atoms with E-state index in [9.17, 15) is 4.79 Å². The van der Waals surface area contributed by atoms with Gasteiger partial charge in [-0.25, -0.2) is 0 Å². The van der Waals surface area contributed by atoms with Gasteiger partial charge in [-0.15, -0.1) is 5.10 Å². The fraction of sp³-hybridized carbons (Fsp3) is 0.400. The summed E-state index contributed by atoms with van der Waals surface area (Å²) in [6, 6.07) is 0.335. The van der Waals surface area contributed by atoms with Crippen molar-refractivity contribution in [3.63, 3.8) is 0 Å². The third kappa shape index (κ3) is 1.12. The molecule has 0 aliphatic carbocycles. The van der Waals surface area contributed by atoms with E-state index in [1.54, 1.807) is 19.0 Å². The second kappa shape index (κ2) is 2.47. The summed E-state index contributed by atoms with van der Waals surface area (Å²) in [5, 5.41) is 6.99. The van der Waals surface area contributed by atoms with Crippen LogP contribution in [0.25, 0.3) is 0 Å². The average Bonchev–Trinajstić information content (AvgIpc) is 2.34. The van der Waals surface area contributed by atoms with Crippen LogP contribution in [0.1, 0.15) is 10.7 Å². The predicted octanol–water partition coefficient (Wildman–Crippen LogP) is -0.0519. The van der Waals surface area contributed by atoms with E-state index >= 15 is 0 Å². The van der Waals surface area contributed by atoms with E-state index in [4.69, 9.17) is 4.42 Å². The van der Waals surface area contributed by atoms with Crippen LogP contribution in [0.15, 0.2) is 4.42 Å². The van der Waals surface area contributed by atoms with Crippen LogP contribution >= 0.6 is 0 Å². The van der Waals surface area contributed by atoms with Crippen molar-refractivity contribution >= 4 is 12.3 Å². The fourth-order valence-corrected chi connectivity index (χ4v) is 0.455. The van der Waals surface area contributed by atoms with Crippen molar-refractivity contribution in [2.75, 3.05) is 19.0 Å². The summed E-state index contributed by atoms with van der Waals surface area (Å²) in [5.41, 5.74) is 0. The summed E-state index contributed by atoms with van der Waals surface area (Å²) >= 11 is 0. The van der Waals surface area contributed by atoms with Crippen molar-refractivity contribution in [1.29, 1.82) is 0 Å². The molecule has 0 fully saturated rings. The summed E-state index contributed by atoms with van der Waals surface area (Å²) in [4.78, 5) is 11.7. The van der Waals surface area contributed by atoms with Gasteiger partial charge >= 0.3 is 6.01 Å². The van der Waals surface area contributed by atoms with Gasteiger partial charge in [0.15, 0.2) is 0 Å². The molecule has 0 saturated heterocycles. The maximum absolute atomic E-state index is 10.0. The van der Waals surface area contributed by atoms with E-state index in [0.717, 1.165) is 0 Å². The molecular formula is C5H7N3O2. The standard InChI is InChI=1S/C5H7N3O2/c1-8(2)5-7-6-4(3-9)10-5/h3H,1-2H3. The monoisotopic (exact) mass is 141 g/mol. The molecule has 5 heteroatoms. The maximum Gasteiger partial charge on any atom is 0.317 e. The Labute approximate surface area is 57.6 Å². The van der Waals surface area contributed by atoms with Gasteiger partial charge in [0.2, 0.25) is 6.29 Å². The minimum absolute atomic E-state index is 0.00343. The van der Waals surface area contributed by atoms with E-state index < -0.39 is 0 Å². The Bertz CT molecular complexity index is 231. The van der Waals surface area contributed by atoms with Crippen molar-refractivity contribution in [2.24, 2.45) is 0 Å². The molecule has 0 N–H and O–H groups in total. The summed E-state index contributed by atoms with van der Waals surface area (Å²) in [5.74, 6) is 0.00343. The lowest BCUT2D eigenvalue weighted by molar-refractivity contribution is 0.109. The summed E-state index contributed by atoms with van der Waals surface area (Å²) in [6.45, 7) is 0. The van der Waals surface area contributed by atoms with E-state index in [0.29, 0.717) is 12.3 Å². The van der Waals surface area contributed by atoms with Crippen molar-refractivity contribution in [1.82, 2.24) is 10.2 Å². The zero-order valence-electron chi connectivity index (χ0n) is 5.74. The van der Waals surface area contributed by atoms with E-state index in [2.05, 4.69) is 10.2 Å². The molecular weight excluding hydrogens is 134 g/mol. The van der Waals surface area contributed by atoms with E-state index in [1.165, 1.54) is 0 Å². The third-order valence-electron chi connectivity index (χ3n) is 0.913. The first-order valence-corrected chi connectivity index (χ1v) is 2.70. The second-order valence-electron chi connectivity index (χ2n) is 1.94. The molecule has 1 heterocycles. The molecule has 0 spiro atoms. The Kier molecular flexibility index (Phi) is 1.66. The molecule has 0 aliphatic heterocycles. The van der Waals surface area contributed by atoms with Gasteiger partial charge in [-0.2, -0.15) is 0 Å². The van der Waals surface area contributed by atoms with Crippen LogP contribution in [0, 0.1) is 0 Å². The molecule has 0 unspecified atom stereocenters. The van der Waals surface area contributed by atoms with Crippen LogP contribution in [-0.4, -0.2) is 30.6 Å². The van der Waals surface area contributed by atoms with Gasteiger partial charge < -0.3 is 9.32 Å². The lowest BCUT2D eigenvalue weighted by atomic mass is 10.8. The molecule has 10 heavy (non-hydrogen) atoms. The zero-order chi connectivity index (χ0) is 7.56. The maximum atomic E-state index is 10.0. The summed E-state index contributed by atoms with van der Waals surface area (Å²) in [6.07, 6.45) is 0.514. The largest absolute Gasteiger partial charge is 0.400 e. The molecule has 0 aliphatic rings. The Morgan fingerprint density at radius 3 is 2.50 bits per heavy atom. The molecule has 0 saturated carbocycles. The number of anilines is 1. The normalized spacial score (nSPS) is 9.40. The number of carbonyl (C=O) groups is 1. The number of carbonyl (C=O) groups excluding carboxylic acids is 1. The number of hydrogen-bond donors (Lipinski definition) is 0. The van der Waals surface area contributed by atoms with Gasteiger partial charge in [0.1, 0.15) is 0 Å². The highest BCUT2D eigenvalue weighted by atomic mass is 16.4. The van der Waals surface area contributed by atoms with Crippen LogP contribution in [0.4, 0.5) is 6.01 Å². The molecule has 0 radical (unpaired) electrons. The Morgan fingerprint density at radius 1 is 1.50 bits per heavy atom. The van der Waals surface area contributed by atoms with Gasteiger partial charge in [0.05, 0.1) is 0 Å². The number of hydrogen-bond acceptors (Lipinski definition) is 5. The molecule has 0 atom stereocenters. The van der Waals surface area contributed by atoms with Crippen molar-refractivity contribution in [2.45, 2.75) is 0 Å². The van der Waals surface area contributed by atoms with Gasteiger partial charge in [-0.1, -0.05) is 5.10 Å². The summed E-state index contributed by atoms with van der Waals surface area (Å²) < 4.78 is 4.83. The average molecular weight is 141 g/mol. The Balaban J connectivity index is 2.88. The molecule has 0 amide bonds. The molecule has 1 rings (SSSR count). The highest BCUT2D eigenvalue weighted by Gasteiger charge is 2.04. The smallest absolute Gasteiger partial charge is 0.317 e. The lowest BCUT2D eigenvalue weighted by Crippen LogP contribution is -2.08. The van der Waals surface area contributed by atoms with E-state index in [-0.39, 0.29) is 5.89 Å². The first-order valence-electron chi connectivity index (χ1n) is 2.70. The van der Waals surface area contributed by atoms with Crippen molar-refractivity contribution in [3.8, 4) is 0 Å². The topological polar surface area (TPSA) is 59.2 Å². The van der Waals surface area contributed by atoms with Crippen LogP contribution in [0.5, 0.6) is 0 Å². The number of aldehydes is 1. The van der Waals surface area contributed by atoms with Crippen LogP contribution in [0.2, 0.25) is 0 Å². The van der Waals surface area contributed by atoms with Gasteiger partial charge in [0.25, 0.3) is 5.89 Å². The molecule has 0 bridgehead atoms. The molecule has 1 aromatic heterocycles. The Hall–Kier alpha value is -1.39. The molecule has 0 aromatic carbocycles. The molecule has 54 valence electrons. The minimum atomic E-state index is 0.00343. The summed E-state index contributed by atoms with van der Waals surface area (Å²) in [7, 11) is 3.50. The zero-order valence-corrected chi connectivity index (χ0v) is 5.74. The first kappa shape index (κ1) is 6.73. The predicted molar refractivity (Wildman–Crippen MR) is 34.0 cm³/mol. The second-order valence-corrected chi connectivity index (χ2v) is 1.94. The van der Waals surface area contributed by atoms with Crippen molar-refractivity contribution in [3.05, 3.63) is 5.89 Å². The minimum Gasteiger partial charge on any atom is -0.400 e. The van der Waals surface area contributed by atoms with E-state index in [1.807, 2.05) is 0 Å². The van der Waals surface area contributed by atoms with Crippen LogP contribution in [0.3, 0.4) is 0 Å². The number of rotatable bonds is 2. The highest BCUT2D eigenvalue weighted by molar-refractivity contribution is 5.67. The molecule has 5 nitrogen and oxygen atoms in total. The van der Waals surface area contributed by atoms with Crippen LogP contribution < -0.4 is 4.90 Å². The SMILES string of the molecule is CN(C)c1nnc(C=O)o1.